The van der Waals surface area contributed by atoms with Crippen LogP contribution in [0.15, 0.2) is 24.5 Å². The molecule has 0 amide bonds. The van der Waals surface area contributed by atoms with Gasteiger partial charge in [0.2, 0.25) is 0 Å². The van der Waals surface area contributed by atoms with E-state index in [-0.39, 0.29) is 5.15 Å². The molecule has 0 N–H and O–H groups in total. The zero-order valence-electron chi connectivity index (χ0n) is 6.53. The second kappa shape index (κ2) is 3.00. The smallest absolute Gasteiger partial charge is 0.147 e. The maximum Gasteiger partial charge on any atom is 0.147 e. The molecule has 0 radical (unpaired) electrons. The summed E-state index contributed by atoms with van der Waals surface area (Å²) in [5, 5.41) is 9.78. The molecule has 2 aromatic heterocycles. The molecule has 0 aliphatic rings. The fraction of sp³-hybridized carbons (Fsp3) is 0. The molecule has 0 aliphatic carbocycles. The first-order valence-electron chi connectivity index (χ1n) is 3.61. The van der Waals surface area contributed by atoms with Crippen LogP contribution in [-0.2, 0) is 0 Å². The first-order valence-corrected chi connectivity index (χ1v) is 3.99. The predicted octanol–water partition coefficient (Wildman–Crippen LogP) is 2.15. The monoisotopic (exact) mass is 189 g/mol. The molecule has 0 aliphatic heterocycles. The largest absolute Gasteiger partial charge is 0.262 e. The number of hydrogen-bond donors (Lipinski definition) is 0. The maximum atomic E-state index is 8.69. The fourth-order valence-corrected chi connectivity index (χ4v) is 1.26. The van der Waals surface area contributed by atoms with E-state index in [1.54, 1.807) is 24.5 Å². The van der Waals surface area contributed by atoms with E-state index in [0.29, 0.717) is 11.1 Å². The molecule has 13 heavy (non-hydrogen) atoms. The molecule has 4 heteroatoms. The van der Waals surface area contributed by atoms with Crippen LogP contribution >= 0.6 is 11.6 Å². The zero-order valence-corrected chi connectivity index (χ0v) is 7.28. The van der Waals surface area contributed by atoms with Crippen molar-refractivity contribution < 1.29 is 0 Å². The van der Waals surface area contributed by atoms with E-state index in [0.717, 1.165) is 5.39 Å². The molecule has 0 spiro atoms. The highest BCUT2D eigenvalue weighted by Gasteiger charge is 2.02. The minimum absolute atomic E-state index is 0.225. The molecule has 2 rings (SSSR count). The zero-order chi connectivity index (χ0) is 9.26. The summed E-state index contributed by atoms with van der Waals surface area (Å²) in [4.78, 5) is 7.93. The van der Waals surface area contributed by atoms with Gasteiger partial charge in [0.1, 0.15) is 11.2 Å². The van der Waals surface area contributed by atoms with Crippen molar-refractivity contribution in [3.05, 3.63) is 35.2 Å². The number of nitrogens with zero attached hydrogens (tertiary/aromatic N) is 3. The van der Waals surface area contributed by atoms with Gasteiger partial charge in [-0.1, -0.05) is 11.6 Å². The van der Waals surface area contributed by atoms with Gasteiger partial charge in [-0.2, -0.15) is 5.26 Å². The third kappa shape index (κ3) is 1.32. The molecule has 0 saturated heterocycles. The van der Waals surface area contributed by atoms with E-state index in [4.69, 9.17) is 16.9 Å². The van der Waals surface area contributed by atoms with Gasteiger partial charge in [-0.05, 0) is 12.1 Å². The van der Waals surface area contributed by atoms with Crippen molar-refractivity contribution in [2.75, 3.05) is 0 Å². The fourth-order valence-electron chi connectivity index (χ4n) is 1.07. The van der Waals surface area contributed by atoms with Crippen LogP contribution in [0.3, 0.4) is 0 Å². The van der Waals surface area contributed by atoms with Crippen molar-refractivity contribution >= 4 is 22.5 Å². The third-order valence-electron chi connectivity index (χ3n) is 1.69. The first kappa shape index (κ1) is 7.96. The van der Waals surface area contributed by atoms with Gasteiger partial charge in [-0.15, -0.1) is 0 Å². The van der Waals surface area contributed by atoms with E-state index in [9.17, 15) is 0 Å². The standard InChI is InChI=1S/C9H4ClN3/c10-9-7(4-11)3-6-1-2-12-5-8(6)13-9/h1-3,5H. The first-order chi connectivity index (χ1) is 6.31. The predicted molar refractivity (Wildman–Crippen MR) is 49.3 cm³/mol. The number of aromatic nitrogens is 2. The minimum atomic E-state index is 0.225. The van der Waals surface area contributed by atoms with Crippen molar-refractivity contribution in [2.45, 2.75) is 0 Å². The van der Waals surface area contributed by atoms with E-state index in [1.807, 2.05) is 6.07 Å². The quantitative estimate of drug-likeness (QED) is 0.597. The Morgan fingerprint density at radius 3 is 3.08 bits per heavy atom. The number of nitriles is 1. The molecule has 62 valence electrons. The van der Waals surface area contributed by atoms with Crippen molar-refractivity contribution in [3.63, 3.8) is 0 Å². The van der Waals surface area contributed by atoms with E-state index >= 15 is 0 Å². The van der Waals surface area contributed by atoms with Gasteiger partial charge in [0.15, 0.2) is 0 Å². The van der Waals surface area contributed by atoms with E-state index in [1.165, 1.54) is 0 Å². The Bertz CT molecular complexity index is 502. The Balaban J connectivity index is 2.83. The van der Waals surface area contributed by atoms with Crippen molar-refractivity contribution in [3.8, 4) is 6.07 Å². The van der Waals surface area contributed by atoms with Crippen LogP contribution in [-0.4, -0.2) is 9.97 Å². The van der Waals surface area contributed by atoms with Gasteiger partial charge in [-0.3, -0.25) is 4.98 Å². The molecule has 0 fully saturated rings. The van der Waals surface area contributed by atoms with Gasteiger partial charge < -0.3 is 0 Å². The minimum Gasteiger partial charge on any atom is -0.262 e. The van der Waals surface area contributed by atoms with Crippen LogP contribution < -0.4 is 0 Å². The summed E-state index contributed by atoms with van der Waals surface area (Å²) in [6, 6.07) is 5.46. The second-order valence-corrected chi connectivity index (χ2v) is 2.86. The normalized spacial score (nSPS) is 9.85. The summed E-state index contributed by atoms with van der Waals surface area (Å²) in [7, 11) is 0. The highest BCUT2D eigenvalue weighted by Crippen LogP contribution is 2.18. The number of hydrogen-bond acceptors (Lipinski definition) is 3. The van der Waals surface area contributed by atoms with Gasteiger partial charge >= 0.3 is 0 Å². The molecular weight excluding hydrogens is 186 g/mol. The molecular formula is C9H4ClN3. The summed E-state index contributed by atoms with van der Waals surface area (Å²) in [6.07, 6.45) is 3.27. The Kier molecular flexibility index (Phi) is 1.84. The molecule has 0 unspecified atom stereocenters. The van der Waals surface area contributed by atoms with Crippen molar-refractivity contribution in [1.29, 1.82) is 5.26 Å². The molecule has 0 aromatic carbocycles. The SMILES string of the molecule is N#Cc1cc2ccncc2nc1Cl. The number of rotatable bonds is 0. The molecule has 0 atom stereocenters. The Hall–Kier alpha value is -1.66. The van der Waals surface area contributed by atoms with Crippen LogP contribution in [0.2, 0.25) is 5.15 Å². The summed E-state index contributed by atoms with van der Waals surface area (Å²) >= 11 is 5.74. The number of fused-ring (bicyclic) bond motifs is 1. The summed E-state index contributed by atoms with van der Waals surface area (Å²) in [5.41, 5.74) is 1.09. The van der Waals surface area contributed by atoms with Gasteiger partial charge in [0, 0.05) is 11.6 Å². The Morgan fingerprint density at radius 1 is 1.46 bits per heavy atom. The van der Waals surface area contributed by atoms with Crippen LogP contribution in [0.1, 0.15) is 5.56 Å². The Morgan fingerprint density at radius 2 is 2.31 bits per heavy atom. The van der Waals surface area contributed by atoms with Gasteiger partial charge in [0.25, 0.3) is 0 Å². The van der Waals surface area contributed by atoms with Crippen molar-refractivity contribution in [1.82, 2.24) is 9.97 Å². The lowest BCUT2D eigenvalue weighted by atomic mass is 10.2. The lowest BCUT2D eigenvalue weighted by Gasteiger charge is -1.97. The lowest BCUT2D eigenvalue weighted by molar-refractivity contribution is 1.30. The topological polar surface area (TPSA) is 49.6 Å². The average molecular weight is 190 g/mol. The number of pyridine rings is 2. The molecule has 2 heterocycles. The summed E-state index contributed by atoms with van der Waals surface area (Å²) in [6.45, 7) is 0. The van der Waals surface area contributed by atoms with Crippen LogP contribution in [0, 0.1) is 11.3 Å². The van der Waals surface area contributed by atoms with Crippen molar-refractivity contribution in [2.24, 2.45) is 0 Å². The van der Waals surface area contributed by atoms with E-state index < -0.39 is 0 Å². The maximum absolute atomic E-state index is 8.69. The second-order valence-electron chi connectivity index (χ2n) is 2.51. The highest BCUT2D eigenvalue weighted by atomic mass is 35.5. The van der Waals surface area contributed by atoms with E-state index in [2.05, 4.69) is 9.97 Å². The average Bonchev–Trinajstić information content (AvgIpc) is 2.17. The van der Waals surface area contributed by atoms with Gasteiger partial charge in [-0.25, -0.2) is 4.98 Å². The van der Waals surface area contributed by atoms with Crippen LogP contribution in [0.25, 0.3) is 10.9 Å². The third-order valence-corrected chi connectivity index (χ3v) is 1.98. The molecule has 0 saturated carbocycles. The van der Waals surface area contributed by atoms with Crippen LogP contribution in [0.5, 0.6) is 0 Å². The van der Waals surface area contributed by atoms with Crippen LogP contribution in [0.4, 0.5) is 0 Å². The molecule has 0 bridgehead atoms. The van der Waals surface area contributed by atoms with Gasteiger partial charge in [0.05, 0.1) is 17.3 Å². The molecule has 2 aromatic rings. The summed E-state index contributed by atoms with van der Waals surface area (Å²) < 4.78 is 0. The molecule has 3 nitrogen and oxygen atoms in total. The summed E-state index contributed by atoms with van der Waals surface area (Å²) in [5.74, 6) is 0. The Labute approximate surface area is 79.6 Å². The number of halogens is 1. The highest BCUT2D eigenvalue weighted by molar-refractivity contribution is 6.31. The lowest BCUT2D eigenvalue weighted by Crippen LogP contribution is -1.85.